The van der Waals surface area contributed by atoms with Crippen molar-refractivity contribution in [3.63, 3.8) is 0 Å². The van der Waals surface area contributed by atoms with Crippen LogP contribution in [0.5, 0.6) is 11.5 Å². The summed E-state index contributed by atoms with van der Waals surface area (Å²) >= 11 is 0. The van der Waals surface area contributed by atoms with Crippen LogP contribution < -0.4 is 19.7 Å². The minimum Gasteiger partial charge on any atom is -0.493 e. The maximum absolute atomic E-state index is 5.48. The van der Waals surface area contributed by atoms with E-state index in [2.05, 4.69) is 54.2 Å². The van der Waals surface area contributed by atoms with Gasteiger partial charge in [0.05, 0.1) is 14.2 Å². The molecule has 6 heteroatoms. The van der Waals surface area contributed by atoms with Crippen LogP contribution in [-0.4, -0.2) is 36.8 Å². The van der Waals surface area contributed by atoms with E-state index in [4.69, 9.17) is 14.5 Å². The molecule has 1 aromatic carbocycles. The maximum atomic E-state index is 5.48. The Labute approximate surface area is 161 Å². The summed E-state index contributed by atoms with van der Waals surface area (Å²) < 4.78 is 10.9. The number of rotatable bonds is 7. The van der Waals surface area contributed by atoms with Crippen molar-refractivity contribution in [2.24, 2.45) is 0 Å². The fourth-order valence-corrected chi connectivity index (χ4v) is 3.29. The van der Waals surface area contributed by atoms with Crippen molar-refractivity contribution in [2.75, 3.05) is 31.0 Å². The molecule has 0 spiro atoms. The highest BCUT2D eigenvalue weighted by Gasteiger charge is 2.21. The molecule has 0 unspecified atom stereocenters. The van der Waals surface area contributed by atoms with Gasteiger partial charge in [-0.15, -0.1) is 0 Å². The van der Waals surface area contributed by atoms with Gasteiger partial charge in [0.15, 0.2) is 11.5 Å². The smallest absolute Gasteiger partial charge is 0.225 e. The summed E-state index contributed by atoms with van der Waals surface area (Å²) in [6.07, 6.45) is 2.88. The van der Waals surface area contributed by atoms with Gasteiger partial charge in [-0.1, -0.05) is 13.8 Å². The first kappa shape index (κ1) is 19.3. The van der Waals surface area contributed by atoms with Gasteiger partial charge >= 0.3 is 0 Å². The third kappa shape index (κ3) is 4.26. The number of ether oxygens (including phenoxy) is 2. The molecule has 1 aliphatic rings. The van der Waals surface area contributed by atoms with Crippen molar-refractivity contribution in [1.29, 1.82) is 0 Å². The second-order valence-corrected chi connectivity index (χ2v) is 7.00. The Balaban J connectivity index is 1.89. The van der Waals surface area contributed by atoms with Crippen LogP contribution in [0, 0.1) is 0 Å². The third-order valence-electron chi connectivity index (χ3n) is 5.16. The van der Waals surface area contributed by atoms with Crippen LogP contribution in [0.2, 0.25) is 0 Å². The summed E-state index contributed by atoms with van der Waals surface area (Å²) in [6, 6.07) is 6.64. The predicted octanol–water partition coefficient (Wildman–Crippen LogP) is 3.83. The first-order valence-corrected chi connectivity index (χ1v) is 9.71. The average Bonchev–Trinajstić information content (AvgIpc) is 2.71. The van der Waals surface area contributed by atoms with Gasteiger partial charge in [-0.2, -0.15) is 4.98 Å². The molecule has 3 rings (SSSR count). The Morgan fingerprint density at radius 3 is 2.41 bits per heavy atom. The fraction of sp³-hybridized carbons (Fsp3) is 0.524. The van der Waals surface area contributed by atoms with E-state index in [1.807, 2.05) is 0 Å². The van der Waals surface area contributed by atoms with E-state index >= 15 is 0 Å². The fourth-order valence-electron chi connectivity index (χ4n) is 3.29. The zero-order chi connectivity index (χ0) is 19.4. The third-order valence-corrected chi connectivity index (χ3v) is 5.16. The van der Waals surface area contributed by atoms with Crippen molar-refractivity contribution in [3.05, 3.63) is 35.0 Å². The minimum atomic E-state index is 0.351. The highest BCUT2D eigenvalue weighted by atomic mass is 16.5. The van der Waals surface area contributed by atoms with Gasteiger partial charge in [0, 0.05) is 30.9 Å². The van der Waals surface area contributed by atoms with E-state index in [0.29, 0.717) is 6.04 Å². The van der Waals surface area contributed by atoms with E-state index < -0.39 is 0 Å². The van der Waals surface area contributed by atoms with Gasteiger partial charge in [0.2, 0.25) is 5.95 Å². The molecule has 1 aromatic heterocycles. The van der Waals surface area contributed by atoms with Gasteiger partial charge in [-0.05, 0) is 49.4 Å². The summed E-state index contributed by atoms with van der Waals surface area (Å²) in [5.74, 6) is 3.26. The van der Waals surface area contributed by atoms with Crippen LogP contribution in [0.4, 0.5) is 11.8 Å². The molecule has 2 heterocycles. The molecule has 2 aromatic rings. The summed E-state index contributed by atoms with van der Waals surface area (Å²) in [5.41, 5.74) is 3.63. The zero-order valence-electron chi connectivity index (χ0n) is 17.0. The molecule has 0 bridgehead atoms. The number of hydrogen-bond acceptors (Lipinski definition) is 6. The number of fused-ring (bicyclic) bond motifs is 1. The van der Waals surface area contributed by atoms with E-state index in [0.717, 1.165) is 61.3 Å². The zero-order valence-corrected chi connectivity index (χ0v) is 17.0. The van der Waals surface area contributed by atoms with Crippen LogP contribution in [0.1, 0.15) is 44.0 Å². The number of nitrogens with one attached hydrogen (secondary N) is 1. The summed E-state index contributed by atoms with van der Waals surface area (Å²) in [6.45, 7) is 8.16. The lowest BCUT2D eigenvalue weighted by Crippen LogP contribution is -2.31. The first-order chi connectivity index (χ1) is 13.1. The molecule has 27 heavy (non-hydrogen) atoms. The second kappa shape index (κ2) is 8.46. The lowest BCUT2D eigenvalue weighted by molar-refractivity contribution is 0.353. The lowest BCUT2D eigenvalue weighted by atomic mass is 9.98. The molecule has 0 fully saturated rings. The Morgan fingerprint density at radius 2 is 1.78 bits per heavy atom. The van der Waals surface area contributed by atoms with Gasteiger partial charge in [-0.3, -0.25) is 0 Å². The molecule has 0 saturated heterocycles. The predicted molar refractivity (Wildman–Crippen MR) is 109 cm³/mol. The number of anilines is 2. The molecule has 0 radical (unpaired) electrons. The topological polar surface area (TPSA) is 59.5 Å². The van der Waals surface area contributed by atoms with Gasteiger partial charge in [0.1, 0.15) is 5.82 Å². The molecule has 146 valence electrons. The number of aryl methyl sites for hydroxylation is 1. The lowest BCUT2D eigenvalue weighted by Gasteiger charge is -2.31. The molecule has 1 N–H and O–H groups in total. The molecule has 1 atom stereocenters. The Kier molecular flexibility index (Phi) is 6.04. The van der Waals surface area contributed by atoms with E-state index in [9.17, 15) is 0 Å². The van der Waals surface area contributed by atoms with Crippen molar-refractivity contribution in [1.82, 2.24) is 9.97 Å². The monoisotopic (exact) mass is 370 g/mol. The molecular weight excluding hydrogens is 340 g/mol. The summed E-state index contributed by atoms with van der Waals surface area (Å²) in [5, 5.41) is 3.41. The normalized spacial score (nSPS) is 14.5. The van der Waals surface area contributed by atoms with Gasteiger partial charge < -0.3 is 19.7 Å². The Bertz CT molecular complexity index is 794. The maximum Gasteiger partial charge on any atom is 0.225 e. The molecule has 6 nitrogen and oxygen atoms in total. The van der Waals surface area contributed by atoms with Gasteiger partial charge in [0.25, 0.3) is 0 Å². The molecule has 0 amide bonds. The standard InChI is InChI=1S/C21H30N4O2/c1-6-14(3)22-21-23-17(7-2)12-20(24-21)25-9-8-15-10-18(26-4)19(27-5)11-16(15)13-25/h10-12,14H,6-9,13H2,1-5H3,(H,22,23,24)/t14-/m1/s1. The number of benzene rings is 1. The van der Waals surface area contributed by atoms with Crippen LogP contribution in [-0.2, 0) is 19.4 Å². The van der Waals surface area contributed by atoms with Crippen LogP contribution in [0.3, 0.4) is 0 Å². The second-order valence-electron chi connectivity index (χ2n) is 7.00. The van der Waals surface area contributed by atoms with E-state index in [1.165, 1.54) is 11.1 Å². The number of nitrogens with zero attached hydrogens (tertiary/aromatic N) is 3. The highest BCUT2D eigenvalue weighted by Crippen LogP contribution is 2.34. The molecule has 0 aliphatic carbocycles. The molecular formula is C21H30N4O2. The quantitative estimate of drug-likeness (QED) is 0.799. The van der Waals surface area contributed by atoms with Crippen molar-refractivity contribution in [3.8, 4) is 11.5 Å². The Morgan fingerprint density at radius 1 is 1.07 bits per heavy atom. The van der Waals surface area contributed by atoms with E-state index in [-0.39, 0.29) is 0 Å². The van der Waals surface area contributed by atoms with Gasteiger partial charge in [-0.25, -0.2) is 4.98 Å². The minimum absolute atomic E-state index is 0.351. The Hall–Kier alpha value is -2.50. The molecule has 0 saturated carbocycles. The number of aromatic nitrogens is 2. The SMILES string of the molecule is CCc1cc(N2CCc3cc(OC)c(OC)cc3C2)nc(N[C@H](C)CC)n1. The molecule has 1 aliphatic heterocycles. The summed E-state index contributed by atoms with van der Waals surface area (Å²) in [7, 11) is 3.36. The van der Waals surface area contributed by atoms with Crippen molar-refractivity contribution in [2.45, 2.75) is 52.6 Å². The van der Waals surface area contributed by atoms with Crippen molar-refractivity contribution >= 4 is 11.8 Å². The largest absolute Gasteiger partial charge is 0.493 e. The number of hydrogen-bond donors (Lipinski definition) is 1. The first-order valence-electron chi connectivity index (χ1n) is 9.71. The average molecular weight is 370 g/mol. The van der Waals surface area contributed by atoms with Crippen LogP contribution >= 0.6 is 0 Å². The van der Waals surface area contributed by atoms with E-state index in [1.54, 1.807) is 14.2 Å². The van der Waals surface area contributed by atoms with Crippen molar-refractivity contribution < 1.29 is 9.47 Å². The number of methoxy groups -OCH3 is 2. The van der Waals surface area contributed by atoms with Crippen LogP contribution in [0.25, 0.3) is 0 Å². The summed E-state index contributed by atoms with van der Waals surface area (Å²) in [4.78, 5) is 11.7. The van der Waals surface area contributed by atoms with Crippen LogP contribution in [0.15, 0.2) is 18.2 Å². The highest BCUT2D eigenvalue weighted by molar-refractivity contribution is 5.53.